The van der Waals surface area contributed by atoms with Crippen LogP contribution >= 0.6 is 23.2 Å². The molecule has 2 aliphatic rings. The fourth-order valence-electron chi connectivity index (χ4n) is 5.24. The predicted octanol–water partition coefficient (Wildman–Crippen LogP) is 6.11. The van der Waals surface area contributed by atoms with Crippen molar-refractivity contribution in [3.63, 3.8) is 0 Å². The molecule has 6 nitrogen and oxygen atoms in total. The highest BCUT2D eigenvalue weighted by atomic mass is 35.5. The summed E-state index contributed by atoms with van der Waals surface area (Å²) in [4.78, 5) is 52.9. The maximum atomic E-state index is 13.4. The highest BCUT2D eigenvalue weighted by Gasteiger charge is 2.50. The van der Waals surface area contributed by atoms with Crippen molar-refractivity contribution >= 4 is 52.5 Å². The highest BCUT2D eigenvalue weighted by Crippen LogP contribution is 2.45. The van der Waals surface area contributed by atoms with Crippen LogP contribution in [-0.2, 0) is 14.3 Å². The Kier molecular flexibility index (Phi) is 7.13. The maximum absolute atomic E-state index is 13.4. The van der Waals surface area contributed by atoms with Gasteiger partial charge in [-0.25, -0.2) is 4.79 Å². The van der Waals surface area contributed by atoms with E-state index in [9.17, 15) is 19.2 Å². The molecule has 3 aromatic rings. The van der Waals surface area contributed by atoms with E-state index in [-0.39, 0.29) is 45.7 Å². The van der Waals surface area contributed by atoms with Crippen LogP contribution in [0.2, 0.25) is 10.0 Å². The number of anilines is 1. The molecule has 1 saturated carbocycles. The zero-order valence-electron chi connectivity index (χ0n) is 19.7. The van der Waals surface area contributed by atoms with Crippen LogP contribution in [0.3, 0.4) is 0 Å². The summed E-state index contributed by atoms with van der Waals surface area (Å²) in [7, 11) is 0. The molecule has 1 aliphatic carbocycles. The van der Waals surface area contributed by atoms with Crippen molar-refractivity contribution in [2.75, 3.05) is 11.5 Å². The fraction of sp³-hybridized carbons (Fsp3) is 0.241. The van der Waals surface area contributed by atoms with Gasteiger partial charge in [-0.15, -0.1) is 0 Å². The average molecular weight is 536 g/mol. The van der Waals surface area contributed by atoms with E-state index < -0.39 is 18.4 Å². The number of fused-ring (bicyclic) bond motifs is 1. The van der Waals surface area contributed by atoms with Gasteiger partial charge in [0.05, 0.1) is 28.1 Å². The van der Waals surface area contributed by atoms with E-state index in [4.69, 9.17) is 27.9 Å². The molecule has 188 valence electrons. The molecule has 2 amide bonds. The Labute approximate surface area is 224 Å². The molecule has 2 fully saturated rings. The van der Waals surface area contributed by atoms with Gasteiger partial charge in [0.15, 0.2) is 6.61 Å². The molecule has 3 aromatic carbocycles. The number of rotatable bonds is 6. The molecule has 0 aromatic heterocycles. The number of esters is 1. The first-order valence-corrected chi connectivity index (χ1v) is 12.8. The number of ketones is 1. The third-order valence-corrected chi connectivity index (χ3v) is 7.65. The number of nitrogens with zero attached hydrogens (tertiary/aromatic N) is 1. The monoisotopic (exact) mass is 535 g/mol. The molecule has 0 bridgehead atoms. The lowest BCUT2D eigenvalue weighted by atomic mass is 9.73. The van der Waals surface area contributed by atoms with Gasteiger partial charge < -0.3 is 4.74 Å². The van der Waals surface area contributed by atoms with Crippen molar-refractivity contribution in [2.24, 2.45) is 11.8 Å². The minimum Gasteiger partial charge on any atom is -0.454 e. The Hall–Kier alpha value is -3.48. The van der Waals surface area contributed by atoms with Crippen molar-refractivity contribution < 1.29 is 23.9 Å². The first kappa shape index (κ1) is 25.2. The van der Waals surface area contributed by atoms with Gasteiger partial charge in [0, 0.05) is 10.6 Å². The minimum atomic E-state index is -0.749. The lowest BCUT2D eigenvalue weighted by molar-refractivity contribution is -0.122. The van der Waals surface area contributed by atoms with Crippen molar-refractivity contribution in [3.8, 4) is 0 Å². The quantitative estimate of drug-likeness (QED) is 0.216. The second-order valence-electron chi connectivity index (χ2n) is 9.32. The molecule has 0 spiro atoms. The van der Waals surface area contributed by atoms with Crippen molar-refractivity contribution in [1.29, 1.82) is 0 Å². The molecule has 37 heavy (non-hydrogen) atoms. The standard InChI is InChI=1S/C29H23Cl2NO5/c30-20-10-12-23(25(31)15-20)26(33)16-37-29(36)19-7-4-8-21(13-19)32-27(34)22-11-9-18(14-24(22)28(32)35)17-5-2-1-3-6-17/h1-8,10,12-13,15,18,22,24H,9,11,14,16H2/t18-,22-,24+/m1/s1. The summed E-state index contributed by atoms with van der Waals surface area (Å²) < 4.78 is 5.19. The maximum Gasteiger partial charge on any atom is 0.338 e. The molecule has 5 rings (SSSR count). The number of carbonyl (C=O) groups is 4. The van der Waals surface area contributed by atoms with Gasteiger partial charge in [-0.3, -0.25) is 19.3 Å². The van der Waals surface area contributed by atoms with Crippen LogP contribution in [0.25, 0.3) is 0 Å². The minimum absolute atomic E-state index is 0.130. The molecule has 8 heteroatoms. The lowest BCUT2D eigenvalue weighted by Crippen LogP contribution is -2.31. The zero-order chi connectivity index (χ0) is 26.1. The van der Waals surface area contributed by atoms with Crippen molar-refractivity contribution in [1.82, 2.24) is 0 Å². The molecule has 0 radical (unpaired) electrons. The molecule has 3 atom stereocenters. The van der Waals surface area contributed by atoms with E-state index >= 15 is 0 Å². The Balaban J connectivity index is 1.28. The topological polar surface area (TPSA) is 80.8 Å². The van der Waals surface area contributed by atoms with E-state index in [2.05, 4.69) is 12.1 Å². The fourth-order valence-corrected chi connectivity index (χ4v) is 5.76. The molecule has 1 aliphatic heterocycles. The number of hydrogen-bond donors (Lipinski definition) is 0. The number of benzene rings is 3. The Morgan fingerprint density at radius 2 is 1.62 bits per heavy atom. The van der Waals surface area contributed by atoms with Gasteiger partial charge in [0.1, 0.15) is 0 Å². The predicted molar refractivity (Wildman–Crippen MR) is 140 cm³/mol. The van der Waals surface area contributed by atoms with E-state index in [0.717, 1.165) is 6.42 Å². The Bertz CT molecular complexity index is 1390. The Morgan fingerprint density at radius 3 is 2.38 bits per heavy atom. The largest absolute Gasteiger partial charge is 0.454 e. The second-order valence-corrected chi connectivity index (χ2v) is 10.2. The summed E-state index contributed by atoms with van der Waals surface area (Å²) in [5, 5.41) is 0.550. The van der Waals surface area contributed by atoms with Gasteiger partial charge in [0.25, 0.3) is 0 Å². The van der Waals surface area contributed by atoms with Crippen LogP contribution in [-0.4, -0.2) is 30.2 Å². The molecule has 1 saturated heterocycles. The number of amides is 2. The molecular formula is C29H23Cl2NO5. The van der Waals surface area contributed by atoms with Gasteiger partial charge in [0.2, 0.25) is 17.6 Å². The smallest absolute Gasteiger partial charge is 0.338 e. The van der Waals surface area contributed by atoms with E-state index in [1.807, 2.05) is 18.2 Å². The van der Waals surface area contributed by atoms with Gasteiger partial charge in [-0.2, -0.15) is 0 Å². The summed E-state index contributed by atoms with van der Waals surface area (Å²) in [5.74, 6) is -2.22. The normalized spacial score (nSPS) is 21.0. The van der Waals surface area contributed by atoms with Crippen LogP contribution < -0.4 is 4.90 Å². The number of hydrogen-bond acceptors (Lipinski definition) is 5. The summed E-state index contributed by atoms with van der Waals surface area (Å²) in [6, 6.07) is 20.6. The van der Waals surface area contributed by atoms with E-state index in [1.54, 1.807) is 12.1 Å². The number of imide groups is 1. The van der Waals surface area contributed by atoms with E-state index in [0.29, 0.717) is 23.6 Å². The summed E-state index contributed by atoms with van der Waals surface area (Å²) in [6.45, 7) is -0.517. The number of ether oxygens (including phenoxy) is 1. The first-order chi connectivity index (χ1) is 17.8. The third-order valence-electron chi connectivity index (χ3n) is 7.10. The van der Waals surface area contributed by atoms with Crippen LogP contribution in [0.5, 0.6) is 0 Å². The number of Topliss-reactive ketones (excluding diaryl/α,β-unsaturated/α-hetero) is 1. The average Bonchev–Trinajstić information content (AvgIpc) is 3.16. The summed E-state index contributed by atoms with van der Waals surface area (Å²) >= 11 is 11.9. The van der Waals surface area contributed by atoms with Crippen LogP contribution in [0.4, 0.5) is 5.69 Å². The second kappa shape index (κ2) is 10.5. The first-order valence-electron chi connectivity index (χ1n) is 12.0. The van der Waals surface area contributed by atoms with Gasteiger partial charge in [-0.05, 0) is 67.1 Å². The van der Waals surface area contributed by atoms with Crippen molar-refractivity contribution in [3.05, 3.63) is 99.5 Å². The Morgan fingerprint density at radius 1 is 0.865 bits per heavy atom. The number of carbonyl (C=O) groups excluding carboxylic acids is 4. The molecular weight excluding hydrogens is 513 g/mol. The molecule has 0 N–H and O–H groups in total. The van der Waals surface area contributed by atoms with Gasteiger partial charge in [-0.1, -0.05) is 59.6 Å². The number of halogens is 2. The molecule has 1 heterocycles. The third kappa shape index (κ3) is 5.04. The van der Waals surface area contributed by atoms with Gasteiger partial charge >= 0.3 is 5.97 Å². The van der Waals surface area contributed by atoms with Crippen molar-refractivity contribution in [2.45, 2.75) is 25.2 Å². The lowest BCUT2D eigenvalue weighted by Gasteiger charge is -2.28. The SMILES string of the molecule is O=C(OCC(=O)c1ccc(Cl)cc1Cl)c1cccc(N2C(=O)[C@H]3C[C@H](c4ccccc4)CC[C@H]3C2=O)c1. The summed E-state index contributed by atoms with van der Waals surface area (Å²) in [5.41, 5.74) is 1.82. The van der Waals surface area contributed by atoms with Crippen LogP contribution in [0.1, 0.15) is 51.5 Å². The molecule has 0 unspecified atom stereocenters. The van der Waals surface area contributed by atoms with Crippen LogP contribution in [0, 0.1) is 11.8 Å². The summed E-state index contributed by atoms with van der Waals surface area (Å²) in [6.07, 6.45) is 2.10. The zero-order valence-corrected chi connectivity index (χ0v) is 21.2. The van der Waals surface area contributed by atoms with E-state index in [1.165, 1.54) is 40.8 Å². The van der Waals surface area contributed by atoms with Crippen LogP contribution in [0.15, 0.2) is 72.8 Å². The highest BCUT2D eigenvalue weighted by molar-refractivity contribution is 6.36.